The Hall–Kier alpha value is -2.12. The highest BCUT2D eigenvalue weighted by Gasteiger charge is 2.24. The van der Waals surface area contributed by atoms with E-state index in [1.807, 2.05) is 12.1 Å². The van der Waals surface area contributed by atoms with E-state index in [1.165, 1.54) is 11.1 Å². The number of fused-ring (bicyclic) bond motifs is 1. The number of aromatic nitrogens is 1. The number of benzene rings is 1. The second-order valence-corrected chi connectivity index (χ2v) is 9.94. The van der Waals surface area contributed by atoms with Gasteiger partial charge in [0.1, 0.15) is 11.6 Å². The van der Waals surface area contributed by atoms with Crippen LogP contribution in [0, 0.1) is 0 Å². The standard InChI is InChI=1S/C21H28N4O2S/c1-16(18-5-4-17-8-13-27-20(17)14-18)24-9-11-25(12-10-24)21-7-6-19(15-23-21)28(3,26)22-2/h4-7,14-16H,8-13H2,1-3H3/t16-,28?/m1/s1. The predicted octanol–water partition coefficient (Wildman–Crippen LogP) is 2.99. The maximum absolute atomic E-state index is 12.3. The highest BCUT2D eigenvalue weighted by Crippen LogP contribution is 2.31. The lowest BCUT2D eigenvalue weighted by Crippen LogP contribution is -2.47. The van der Waals surface area contributed by atoms with Gasteiger partial charge in [-0.05, 0) is 36.2 Å². The third-order valence-corrected chi connectivity index (χ3v) is 7.71. The number of pyridine rings is 1. The minimum Gasteiger partial charge on any atom is -0.493 e. The zero-order valence-electron chi connectivity index (χ0n) is 16.8. The summed E-state index contributed by atoms with van der Waals surface area (Å²) in [6.07, 6.45) is 4.37. The first-order valence-electron chi connectivity index (χ1n) is 9.79. The van der Waals surface area contributed by atoms with Gasteiger partial charge in [-0.2, -0.15) is 0 Å². The van der Waals surface area contributed by atoms with Gasteiger partial charge in [-0.25, -0.2) is 13.6 Å². The summed E-state index contributed by atoms with van der Waals surface area (Å²) in [6, 6.07) is 10.9. The van der Waals surface area contributed by atoms with Crippen molar-refractivity contribution < 1.29 is 8.95 Å². The largest absolute Gasteiger partial charge is 0.493 e. The summed E-state index contributed by atoms with van der Waals surface area (Å²) < 4.78 is 22.0. The van der Waals surface area contributed by atoms with E-state index in [-0.39, 0.29) is 0 Å². The van der Waals surface area contributed by atoms with Crippen LogP contribution in [0.15, 0.2) is 45.8 Å². The molecule has 2 aliphatic rings. The Balaban J connectivity index is 1.40. The van der Waals surface area contributed by atoms with Gasteiger partial charge in [0.2, 0.25) is 0 Å². The molecule has 1 aromatic carbocycles. The third-order valence-electron chi connectivity index (χ3n) is 5.90. The number of hydrogen-bond acceptors (Lipinski definition) is 6. The lowest BCUT2D eigenvalue weighted by Gasteiger charge is -2.38. The number of hydrogen-bond donors (Lipinski definition) is 0. The van der Waals surface area contributed by atoms with Crippen LogP contribution >= 0.6 is 0 Å². The Morgan fingerprint density at radius 1 is 1.18 bits per heavy atom. The summed E-state index contributed by atoms with van der Waals surface area (Å²) in [5.74, 6) is 1.99. The quantitative estimate of drug-likeness (QED) is 0.790. The van der Waals surface area contributed by atoms with Crippen LogP contribution in [-0.2, 0) is 16.1 Å². The van der Waals surface area contributed by atoms with Gasteiger partial charge in [0.15, 0.2) is 0 Å². The highest BCUT2D eigenvalue weighted by atomic mass is 32.2. The summed E-state index contributed by atoms with van der Waals surface area (Å²) >= 11 is 0. The first-order valence-corrected chi connectivity index (χ1v) is 11.7. The number of nitrogens with zero attached hydrogens (tertiary/aromatic N) is 4. The van der Waals surface area contributed by atoms with Crippen LogP contribution in [0.25, 0.3) is 0 Å². The molecule has 150 valence electrons. The van der Waals surface area contributed by atoms with Gasteiger partial charge in [0.05, 0.1) is 21.2 Å². The van der Waals surface area contributed by atoms with E-state index < -0.39 is 9.73 Å². The molecule has 7 heteroatoms. The molecule has 1 fully saturated rings. The number of ether oxygens (including phenoxy) is 1. The van der Waals surface area contributed by atoms with Crippen molar-refractivity contribution in [2.75, 3.05) is 51.0 Å². The van der Waals surface area contributed by atoms with Gasteiger partial charge in [-0.3, -0.25) is 4.90 Å². The maximum Gasteiger partial charge on any atom is 0.128 e. The summed E-state index contributed by atoms with van der Waals surface area (Å²) in [4.78, 5) is 10.0. The molecule has 3 heterocycles. The Bertz CT molecular complexity index is 959. The number of rotatable bonds is 4. The average molecular weight is 401 g/mol. The van der Waals surface area contributed by atoms with Crippen LogP contribution < -0.4 is 9.64 Å². The van der Waals surface area contributed by atoms with Crippen molar-refractivity contribution in [1.29, 1.82) is 0 Å². The van der Waals surface area contributed by atoms with Gasteiger partial charge in [0, 0.05) is 58.1 Å². The molecule has 0 radical (unpaired) electrons. The summed E-state index contributed by atoms with van der Waals surface area (Å²) in [5.41, 5.74) is 2.64. The van der Waals surface area contributed by atoms with Crippen molar-refractivity contribution in [3.05, 3.63) is 47.7 Å². The van der Waals surface area contributed by atoms with Crippen LogP contribution in [0.4, 0.5) is 5.82 Å². The molecular formula is C21H28N4O2S. The fourth-order valence-electron chi connectivity index (χ4n) is 3.88. The molecule has 0 aliphatic carbocycles. The molecule has 2 aliphatic heterocycles. The fourth-order valence-corrected chi connectivity index (χ4v) is 4.66. The van der Waals surface area contributed by atoms with Crippen molar-refractivity contribution >= 4 is 15.5 Å². The molecular weight excluding hydrogens is 372 g/mol. The zero-order valence-corrected chi connectivity index (χ0v) is 17.6. The molecule has 6 nitrogen and oxygen atoms in total. The normalized spacial score (nSPS) is 20.2. The maximum atomic E-state index is 12.3. The van der Waals surface area contributed by atoms with Crippen LogP contribution in [0.3, 0.4) is 0 Å². The molecule has 2 atom stereocenters. The molecule has 1 aromatic heterocycles. The van der Waals surface area contributed by atoms with Crippen molar-refractivity contribution in [3.8, 4) is 5.75 Å². The van der Waals surface area contributed by atoms with Crippen molar-refractivity contribution in [2.45, 2.75) is 24.3 Å². The van der Waals surface area contributed by atoms with E-state index >= 15 is 0 Å². The molecule has 28 heavy (non-hydrogen) atoms. The van der Waals surface area contributed by atoms with E-state index in [0.29, 0.717) is 10.9 Å². The molecule has 2 aromatic rings. The molecule has 0 N–H and O–H groups in total. The fraction of sp³-hybridized carbons (Fsp3) is 0.476. The molecule has 0 bridgehead atoms. The molecule has 0 amide bonds. The monoisotopic (exact) mass is 400 g/mol. The van der Waals surface area contributed by atoms with Crippen LogP contribution in [0.5, 0.6) is 5.75 Å². The van der Waals surface area contributed by atoms with E-state index in [4.69, 9.17) is 4.74 Å². The van der Waals surface area contributed by atoms with Crippen LogP contribution in [0.1, 0.15) is 24.1 Å². The molecule has 1 unspecified atom stereocenters. The predicted molar refractivity (Wildman–Crippen MR) is 113 cm³/mol. The van der Waals surface area contributed by atoms with Crippen LogP contribution in [0.2, 0.25) is 0 Å². The number of anilines is 1. The number of piperazine rings is 1. The Morgan fingerprint density at radius 3 is 2.64 bits per heavy atom. The summed E-state index contributed by atoms with van der Waals surface area (Å²) in [6.45, 7) is 6.90. The van der Waals surface area contributed by atoms with Crippen molar-refractivity contribution in [2.24, 2.45) is 4.36 Å². The zero-order chi connectivity index (χ0) is 19.7. The van der Waals surface area contributed by atoms with E-state index in [0.717, 1.165) is 50.8 Å². The Kier molecular flexibility index (Phi) is 5.29. The summed E-state index contributed by atoms with van der Waals surface area (Å²) in [5, 5.41) is 0. The molecule has 1 saturated heterocycles. The molecule has 4 rings (SSSR count). The van der Waals surface area contributed by atoms with Gasteiger partial charge in [-0.15, -0.1) is 0 Å². The average Bonchev–Trinajstić information content (AvgIpc) is 3.21. The second-order valence-electron chi connectivity index (χ2n) is 7.50. The second kappa shape index (κ2) is 7.72. The van der Waals surface area contributed by atoms with Gasteiger partial charge in [-0.1, -0.05) is 12.1 Å². The van der Waals surface area contributed by atoms with Gasteiger partial charge in [0.25, 0.3) is 0 Å². The molecule has 0 spiro atoms. The van der Waals surface area contributed by atoms with Crippen molar-refractivity contribution in [3.63, 3.8) is 0 Å². The highest BCUT2D eigenvalue weighted by molar-refractivity contribution is 7.93. The lowest BCUT2D eigenvalue weighted by atomic mass is 10.0. The third kappa shape index (κ3) is 3.73. The Morgan fingerprint density at radius 2 is 1.96 bits per heavy atom. The van der Waals surface area contributed by atoms with Gasteiger partial charge >= 0.3 is 0 Å². The van der Waals surface area contributed by atoms with E-state index in [2.05, 4.69) is 44.3 Å². The topological polar surface area (TPSA) is 58.0 Å². The smallest absolute Gasteiger partial charge is 0.128 e. The van der Waals surface area contributed by atoms with E-state index in [9.17, 15) is 4.21 Å². The van der Waals surface area contributed by atoms with Gasteiger partial charge < -0.3 is 9.64 Å². The Labute approximate surface area is 167 Å². The van der Waals surface area contributed by atoms with Crippen molar-refractivity contribution in [1.82, 2.24) is 9.88 Å². The lowest BCUT2D eigenvalue weighted by molar-refractivity contribution is 0.198. The first-order chi connectivity index (χ1) is 13.5. The van der Waals surface area contributed by atoms with E-state index in [1.54, 1.807) is 19.5 Å². The molecule has 0 saturated carbocycles. The summed E-state index contributed by atoms with van der Waals surface area (Å²) in [7, 11) is -0.738. The SMILES string of the molecule is CN=S(C)(=O)c1ccc(N2CCN([C@H](C)c3ccc4c(c3)OCC4)CC2)nc1. The van der Waals surface area contributed by atoms with Crippen LogP contribution in [-0.4, -0.2) is 60.2 Å². The minimum absolute atomic E-state index is 0.364. The minimum atomic E-state index is -2.33. The first kappa shape index (κ1) is 19.2.